The van der Waals surface area contributed by atoms with Gasteiger partial charge < -0.3 is 15.1 Å². The van der Waals surface area contributed by atoms with Crippen molar-refractivity contribution in [3.05, 3.63) is 66.4 Å². The number of aromatic nitrogens is 4. The predicted molar refractivity (Wildman–Crippen MR) is 107 cm³/mol. The van der Waals surface area contributed by atoms with Gasteiger partial charge in [-0.05, 0) is 30.8 Å². The van der Waals surface area contributed by atoms with Gasteiger partial charge in [-0.1, -0.05) is 18.2 Å². The minimum atomic E-state index is -0.162. The number of pyridine rings is 1. The molecule has 0 atom stereocenters. The van der Waals surface area contributed by atoms with Gasteiger partial charge in [0.15, 0.2) is 0 Å². The van der Waals surface area contributed by atoms with Crippen LogP contribution < -0.4 is 10.2 Å². The zero-order valence-corrected chi connectivity index (χ0v) is 15.8. The summed E-state index contributed by atoms with van der Waals surface area (Å²) in [6.07, 6.45) is 4.83. The Morgan fingerprint density at radius 3 is 2.64 bits per heavy atom. The van der Waals surface area contributed by atoms with Gasteiger partial charge in [0.1, 0.15) is 18.5 Å². The second kappa shape index (κ2) is 8.18. The molecule has 8 heteroatoms. The number of carbonyl (C=O) groups excluding carboxylic acids is 1. The number of nitrogens with one attached hydrogen (secondary N) is 1. The van der Waals surface area contributed by atoms with Crippen molar-refractivity contribution in [3.8, 4) is 0 Å². The van der Waals surface area contributed by atoms with Gasteiger partial charge in [-0.3, -0.25) is 4.79 Å². The maximum absolute atomic E-state index is 12.8. The van der Waals surface area contributed by atoms with Crippen LogP contribution in [0.4, 0.5) is 11.5 Å². The van der Waals surface area contributed by atoms with E-state index in [1.807, 2.05) is 36.4 Å². The molecular formula is C20H23N7O. The Hall–Kier alpha value is -3.26. The summed E-state index contributed by atoms with van der Waals surface area (Å²) in [7, 11) is 2.13. The quantitative estimate of drug-likeness (QED) is 0.729. The molecule has 4 rings (SSSR count). The summed E-state index contributed by atoms with van der Waals surface area (Å²) >= 11 is 0. The molecular weight excluding hydrogens is 354 g/mol. The zero-order chi connectivity index (χ0) is 19.3. The molecule has 3 aromatic rings. The van der Waals surface area contributed by atoms with Gasteiger partial charge in [0.05, 0.1) is 18.4 Å². The van der Waals surface area contributed by atoms with Crippen LogP contribution in [0.3, 0.4) is 0 Å². The molecule has 28 heavy (non-hydrogen) atoms. The monoisotopic (exact) mass is 377 g/mol. The van der Waals surface area contributed by atoms with Gasteiger partial charge in [0.25, 0.3) is 5.91 Å². The van der Waals surface area contributed by atoms with Crippen LogP contribution in [0.1, 0.15) is 15.9 Å². The van der Waals surface area contributed by atoms with Crippen LogP contribution in [0.2, 0.25) is 0 Å². The third-order valence-electron chi connectivity index (χ3n) is 4.89. The Balaban J connectivity index is 1.44. The number of benzene rings is 1. The van der Waals surface area contributed by atoms with E-state index < -0.39 is 0 Å². The molecule has 8 nitrogen and oxygen atoms in total. The van der Waals surface area contributed by atoms with Crippen LogP contribution in [-0.2, 0) is 6.54 Å². The van der Waals surface area contributed by atoms with Crippen molar-refractivity contribution < 1.29 is 4.79 Å². The molecule has 0 aliphatic carbocycles. The van der Waals surface area contributed by atoms with Crippen LogP contribution in [0.5, 0.6) is 0 Å². The van der Waals surface area contributed by atoms with E-state index in [-0.39, 0.29) is 5.91 Å². The fourth-order valence-electron chi connectivity index (χ4n) is 3.25. The van der Waals surface area contributed by atoms with E-state index in [0.717, 1.165) is 37.6 Å². The van der Waals surface area contributed by atoms with Crippen LogP contribution in [0.15, 0.2) is 55.2 Å². The summed E-state index contributed by atoms with van der Waals surface area (Å²) in [5.41, 5.74) is 2.17. The smallest absolute Gasteiger partial charge is 0.256 e. The molecule has 0 radical (unpaired) electrons. The summed E-state index contributed by atoms with van der Waals surface area (Å²) < 4.78 is 1.69. The van der Waals surface area contributed by atoms with Crippen molar-refractivity contribution in [1.29, 1.82) is 0 Å². The van der Waals surface area contributed by atoms with E-state index in [9.17, 15) is 4.79 Å². The maximum Gasteiger partial charge on any atom is 0.256 e. The number of rotatable bonds is 5. The van der Waals surface area contributed by atoms with Crippen molar-refractivity contribution in [2.45, 2.75) is 6.54 Å². The predicted octanol–water partition coefficient (Wildman–Crippen LogP) is 1.73. The van der Waals surface area contributed by atoms with Gasteiger partial charge in [-0.15, -0.1) is 0 Å². The largest absolute Gasteiger partial charge is 0.354 e. The van der Waals surface area contributed by atoms with E-state index in [2.05, 4.69) is 37.2 Å². The maximum atomic E-state index is 12.8. The van der Waals surface area contributed by atoms with E-state index in [4.69, 9.17) is 0 Å². The molecule has 1 aliphatic heterocycles. The topological polar surface area (TPSA) is 79.2 Å². The number of nitrogens with zero attached hydrogens (tertiary/aromatic N) is 6. The molecule has 0 saturated carbocycles. The number of anilines is 2. The number of likely N-dealkylation sites (N-methyl/N-ethyl adjacent to an activating group) is 1. The molecule has 1 N–H and O–H groups in total. The van der Waals surface area contributed by atoms with Crippen LogP contribution >= 0.6 is 0 Å². The van der Waals surface area contributed by atoms with Crippen molar-refractivity contribution in [2.24, 2.45) is 0 Å². The SMILES string of the molecule is CN1CCN(c2ccc(NC(=O)c3ccccc3Cn3cncn3)cn2)CC1. The highest BCUT2D eigenvalue weighted by Gasteiger charge is 2.16. The zero-order valence-electron chi connectivity index (χ0n) is 15.8. The summed E-state index contributed by atoms with van der Waals surface area (Å²) in [5.74, 6) is 0.780. The highest BCUT2D eigenvalue weighted by atomic mass is 16.1. The third-order valence-corrected chi connectivity index (χ3v) is 4.89. The first-order valence-corrected chi connectivity index (χ1v) is 9.30. The molecule has 0 spiro atoms. The fourth-order valence-corrected chi connectivity index (χ4v) is 3.25. The molecule has 1 saturated heterocycles. The van der Waals surface area contributed by atoms with Crippen LogP contribution in [-0.4, -0.2) is 63.8 Å². The van der Waals surface area contributed by atoms with Gasteiger partial charge in [0, 0.05) is 31.7 Å². The number of hydrogen-bond acceptors (Lipinski definition) is 6. The summed E-state index contributed by atoms with van der Waals surface area (Å²) in [5, 5.41) is 7.05. The highest BCUT2D eigenvalue weighted by molar-refractivity contribution is 6.05. The lowest BCUT2D eigenvalue weighted by atomic mass is 10.1. The highest BCUT2D eigenvalue weighted by Crippen LogP contribution is 2.18. The minimum absolute atomic E-state index is 0.162. The first-order valence-electron chi connectivity index (χ1n) is 9.30. The molecule has 0 unspecified atom stereocenters. The van der Waals surface area contributed by atoms with Crippen molar-refractivity contribution in [1.82, 2.24) is 24.6 Å². The third kappa shape index (κ3) is 4.17. The second-order valence-corrected chi connectivity index (χ2v) is 6.90. The van der Waals surface area contributed by atoms with E-state index >= 15 is 0 Å². The van der Waals surface area contributed by atoms with Crippen molar-refractivity contribution in [2.75, 3.05) is 43.4 Å². The van der Waals surface area contributed by atoms with Crippen LogP contribution in [0, 0.1) is 0 Å². The Labute approximate surface area is 163 Å². The molecule has 0 bridgehead atoms. The molecule has 144 valence electrons. The lowest BCUT2D eigenvalue weighted by Gasteiger charge is -2.33. The van der Waals surface area contributed by atoms with Gasteiger partial charge in [-0.2, -0.15) is 5.10 Å². The standard InChI is InChI=1S/C20H23N7O/c1-25-8-10-26(11-9-25)19-7-6-17(12-22-19)24-20(28)18-5-3-2-4-16(18)13-27-15-21-14-23-27/h2-7,12,14-15H,8-11,13H2,1H3,(H,24,28). The Kier molecular flexibility index (Phi) is 5.29. The Bertz CT molecular complexity index is 916. The van der Waals surface area contributed by atoms with Crippen molar-refractivity contribution >= 4 is 17.4 Å². The number of carbonyl (C=O) groups is 1. The summed E-state index contributed by atoms with van der Waals surface area (Å²) in [6.45, 7) is 4.48. The number of piperazine rings is 1. The normalized spacial score (nSPS) is 14.8. The van der Waals surface area contributed by atoms with Gasteiger partial charge >= 0.3 is 0 Å². The van der Waals surface area contributed by atoms with E-state index in [0.29, 0.717) is 17.8 Å². The average molecular weight is 377 g/mol. The summed E-state index contributed by atoms with van der Waals surface area (Å²) in [6, 6.07) is 11.4. The number of hydrogen-bond donors (Lipinski definition) is 1. The molecule has 3 heterocycles. The molecule has 2 aromatic heterocycles. The van der Waals surface area contributed by atoms with Crippen LogP contribution in [0.25, 0.3) is 0 Å². The lowest BCUT2D eigenvalue weighted by molar-refractivity contribution is 0.102. The fraction of sp³-hybridized carbons (Fsp3) is 0.300. The first-order chi connectivity index (χ1) is 13.7. The second-order valence-electron chi connectivity index (χ2n) is 6.90. The number of amides is 1. The van der Waals surface area contributed by atoms with E-state index in [1.165, 1.54) is 6.33 Å². The van der Waals surface area contributed by atoms with Gasteiger partial charge in [-0.25, -0.2) is 14.6 Å². The molecule has 1 fully saturated rings. The molecule has 1 aromatic carbocycles. The average Bonchev–Trinajstić information content (AvgIpc) is 3.23. The van der Waals surface area contributed by atoms with Crippen molar-refractivity contribution in [3.63, 3.8) is 0 Å². The first kappa shape index (κ1) is 18.1. The lowest BCUT2D eigenvalue weighted by Crippen LogP contribution is -2.44. The van der Waals surface area contributed by atoms with E-state index in [1.54, 1.807) is 17.2 Å². The van der Waals surface area contributed by atoms with Gasteiger partial charge in [0.2, 0.25) is 0 Å². The minimum Gasteiger partial charge on any atom is -0.354 e. The molecule has 1 aliphatic rings. The summed E-state index contributed by atoms with van der Waals surface area (Å²) in [4.78, 5) is 25.8. The Morgan fingerprint density at radius 2 is 1.93 bits per heavy atom. The Morgan fingerprint density at radius 1 is 1.11 bits per heavy atom. The molecule has 1 amide bonds.